The highest BCUT2D eigenvalue weighted by molar-refractivity contribution is 14.0. The molecule has 0 aliphatic heterocycles. The molecule has 0 amide bonds. The van der Waals surface area contributed by atoms with Gasteiger partial charge in [-0.25, -0.2) is 9.79 Å². The number of ether oxygens (including phenoxy) is 1. The summed E-state index contributed by atoms with van der Waals surface area (Å²) in [6.07, 6.45) is 0. The summed E-state index contributed by atoms with van der Waals surface area (Å²) in [6, 6.07) is 7.19. The standard InChI is InChI=1S/C17H25N3O2.HI/c1-12(2)10-19-16(18)20-11-13-7-6-8-14(9-13)15(21)22-17(3,4)5;/h6-9H,1,10-11H2,2-5H3,(H3,18,19,20);1H. The Bertz CT molecular complexity index is 577. The molecular weight excluding hydrogens is 405 g/mol. The van der Waals surface area contributed by atoms with Gasteiger partial charge in [-0.15, -0.1) is 24.0 Å². The number of guanidine groups is 1. The van der Waals surface area contributed by atoms with E-state index in [1.54, 1.807) is 12.1 Å². The van der Waals surface area contributed by atoms with Crippen LogP contribution in [0.25, 0.3) is 0 Å². The number of halogens is 1. The van der Waals surface area contributed by atoms with Crippen LogP contribution in [0.2, 0.25) is 0 Å². The van der Waals surface area contributed by atoms with Gasteiger partial charge in [-0.05, 0) is 45.4 Å². The van der Waals surface area contributed by atoms with Crippen molar-refractivity contribution in [3.05, 3.63) is 47.5 Å². The Labute approximate surface area is 155 Å². The second-order valence-electron chi connectivity index (χ2n) is 6.21. The van der Waals surface area contributed by atoms with Crippen LogP contribution in [-0.4, -0.2) is 24.1 Å². The van der Waals surface area contributed by atoms with Crippen molar-refractivity contribution >= 4 is 35.9 Å². The van der Waals surface area contributed by atoms with Crippen LogP contribution in [0.3, 0.4) is 0 Å². The molecule has 0 heterocycles. The van der Waals surface area contributed by atoms with E-state index in [-0.39, 0.29) is 29.9 Å². The SMILES string of the molecule is C=C(C)CNC(N)=NCc1cccc(C(=O)OC(C)(C)C)c1.I. The highest BCUT2D eigenvalue weighted by Gasteiger charge is 2.17. The number of hydrogen-bond donors (Lipinski definition) is 2. The van der Waals surface area contributed by atoms with E-state index in [4.69, 9.17) is 10.5 Å². The summed E-state index contributed by atoms with van der Waals surface area (Å²) >= 11 is 0. The Morgan fingerprint density at radius 3 is 2.61 bits per heavy atom. The Hall–Kier alpha value is -1.57. The van der Waals surface area contributed by atoms with Gasteiger partial charge in [0.2, 0.25) is 0 Å². The molecule has 1 aromatic carbocycles. The zero-order valence-corrected chi connectivity index (χ0v) is 16.5. The second-order valence-corrected chi connectivity index (χ2v) is 6.21. The van der Waals surface area contributed by atoms with Crippen LogP contribution in [-0.2, 0) is 11.3 Å². The predicted octanol–water partition coefficient (Wildman–Crippen LogP) is 3.24. The first kappa shape index (κ1) is 21.4. The molecule has 1 rings (SSSR count). The molecule has 0 saturated heterocycles. The van der Waals surface area contributed by atoms with Gasteiger partial charge in [0, 0.05) is 6.54 Å². The fraction of sp³-hybridized carbons (Fsp3) is 0.412. The summed E-state index contributed by atoms with van der Waals surface area (Å²) in [5.74, 6) is 0.0115. The van der Waals surface area contributed by atoms with Crippen LogP contribution in [0.15, 0.2) is 41.4 Å². The molecule has 0 atom stereocenters. The number of aliphatic imine (C=N–C) groups is 1. The fourth-order valence-electron chi connectivity index (χ4n) is 1.61. The lowest BCUT2D eigenvalue weighted by atomic mass is 10.1. The molecule has 6 heteroatoms. The van der Waals surface area contributed by atoms with Gasteiger partial charge in [0.05, 0.1) is 12.1 Å². The molecule has 0 aliphatic rings. The molecule has 0 fully saturated rings. The van der Waals surface area contributed by atoms with Crippen molar-refractivity contribution in [2.75, 3.05) is 6.54 Å². The third kappa shape index (κ3) is 9.22. The van der Waals surface area contributed by atoms with Gasteiger partial charge < -0.3 is 15.8 Å². The summed E-state index contributed by atoms with van der Waals surface area (Å²) in [4.78, 5) is 16.3. The smallest absolute Gasteiger partial charge is 0.338 e. The van der Waals surface area contributed by atoms with Gasteiger partial charge in [-0.2, -0.15) is 0 Å². The largest absolute Gasteiger partial charge is 0.456 e. The molecule has 23 heavy (non-hydrogen) atoms. The van der Waals surface area contributed by atoms with Crippen molar-refractivity contribution in [1.29, 1.82) is 0 Å². The number of carbonyl (C=O) groups excluding carboxylic acids is 1. The van der Waals surface area contributed by atoms with Crippen LogP contribution in [0.5, 0.6) is 0 Å². The van der Waals surface area contributed by atoms with Gasteiger partial charge in [0.1, 0.15) is 5.60 Å². The Kier molecular flexibility index (Phi) is 8.89. The third-order valence-electron chi connectivity index (χ3n) is 2.56. The van der Waals surface area contributed by atoms with E-state index in [2.05, 4.69) is 16.9 Å². The average molecular weight is 431 g/mol. The van der Waals surface area contributed by atoms with E-state index in [1.807, 2.05) is 39.8 Å². The van der Waals surface area contributed by atoms with Crippen LogP contribution < -0.4 is 11.1 Å². The summed E-state index contributed by atoms with van der Waals surface area (Å²) in [5.41, 5.74) is 7.62. The first-order valence-electron chi connectivity index (χ1n) is 7.18. The molecule has 1 aromatic rings. The molecule has 5 nitrogen and oxygen atoms in total. The number of carbonyl (C=O) groups is 1. The Balaban J connectivity index is 0.00000484. The molecule has 128 valence electrons. The molecular formula is C17H26IN3O2. The number of benzene rings is 1. The van der Waals surface area contributed by atoms with Crippen molar-refractivity contribution in [3.63, 3.8) is 0 Å². The number of nitrogens with one attached hydrogen (secondary N) is 1. The van der Waals surface area contributed by atoms with Gasteiger partial charge in [0.25, 0.3) is 0 Å². The minimum atomic E-state index is -0.512. The third-order valence-corrected chi connectivity index (χ3v) is 2.56. The van der Waals surface area contributed by atoms with Crippen LogP contribution in [0.4, 0.5) is 0 Å². The second kappa shape index (κ2) is 9.54. The first-order chi connectivity index (χ1) is 10.2. The van der Waals surface area contributed by atoms with Crippen LogP contribution >= 0.6 is 24.0 Å². The molecule has 0 aromatic heterocycles. The van der Waals surface area contributed by atoms with E-state index in [0.29, 0.717) is 24.6 Å². The topological polar surface area (TPSA) is 76.7 Å². The van der Waals surface area contributed by atoms with Crippen molar-refractivity contribution < 1.29 is 9.53 Å². The number of hydrogen-bond acceptors (Lipinski definition) is 3. The van der Waals surface area contributed by atoms with E-state index < -0.39 is 5.60 Å². The van der Waals surface area contributed by atoms with E-state index in [9.17, 15) is 4.79 Å². The molecule has 3 N–H and O–H groups in total. The van der Waals surface area contributed by atoms with Gasteiger partial charge in [0.15, 0.2) is 5.96 Å². The molecule has 0 unspecified atom stereocenters. The van der Waals surface area contributed by atoms with E-state index >= 15 is 0 Å². The number of nitrogens with zero attached hydrogens (tertiary/aromatic N) is 1. The van der Waals surface area contributed by atoms with Gasteiger partial charge in [-0.3, -0.25) is 0 Å². The van der Waals surface area contributed by atoms with Crippen molar-refractivity contribution in [3.8, 4) is 0 Å². The van der Waals surface area contributed by atoms with Crippen molar-refractivity contribution in [1.82, 2.24) is 5.32 Å². The predicted molar refractivity (Wildman–Crippen MR) is 105 cm³/mol. The van der Waals surface area contributed by atoms with Crippen LogP contribution in [0, 0.1) is 0 Å². The summed E-state index contributed by atoms with van der Waals surface area (Å²) in [5, 5.41) is 2.96. The highest BCUT2D eigenvalue weighted by atomic mass is 127. The van der Waals surface area contributed by atoms with E-state index in [1.165, 1.54) is 0 Å². The van der Waals surface area contributed by atoms with Gasteiger partial charge in [-0.1, -0.05) is 24.3 Å². The lowest BCUT2D eigenvalue weighted by molar-refractivity contribution is 0.00694. The number of rotatable bonds is 5. The Morgan fingerprint density at radius 2 is 2.04 bits per heavy atom. The monoisotopic (exact) mass is 431 g/mol. The zero-order valence-electron chi connectivity index (χ0n) is 14.2. The average Bonchev–Trinajstić information content (AvgIpc) is 2.41. The molecule has 0 radical (unpaired) electrons. The summed E-state index contributed by atoms with van der Waals surface area (Å²) in [6.45, 7) is 12.2. The van der Waals surface area contributed by atoms with E-state index in [0.717, 1.165) is 11.1 Å². The Morgan fingerprint density at radius 1 is 1.39 bits per heavy atom. The molecule has 0 aliphatic carbocycles. The lowest BCUT2D eigenvalue weighted by Gasteiger charge is -2.19. The maximum Gasteiger partial charge on any atom is 0.338 e. The number of nitrogens with two attached hydrogens (primary N) is 1. The highest BCUT2D eigenvalue weighted by Crippen LogP contribution is 2.13. The number of esters is 1. The zero-order chi connectivity index (χ0) is 16.8. The molecule has 0 bridgehead atoms. The fourth-order valence-corrected chi connectivity index (χ4v) is 1.61. The first-order valence-corrected chi connectivity index (χ1v) is 7.18. The maximum atomic E-state index is 12.0. The molecule has 0 saturated carbocycles. The molecule has 0 spiro atoms. The van der Waals surface area contributed by atoms with Crippen LogP contribution in [0.1, 0.15) is 43.6 Å². The summed E-state index contributed by atoms with van der Waals surface area (Å²) in [7, 11) is 0. The van der Waals surface area contributed by atoms with Gasteiger partial charge >= 0.3 is 5.97 Å². The normalized spacial score (nSPS) is 11.4. The minimum Gasteiger partial charge on any atom is -0.456 e. The van der Waals surface area contributed by atoms with Crippen molar-refractivity contribution in [2.45, 2.75) is 39.8 Å². The van der Waals surface area contributed by atoms with Crippen molar-refractivity contribution in [2.24, 2.45) is 10.7 Å². The lowest BCUT2D eigenvalue weighted by Crippen LogP contribution is -2.32. The quantitative estimate of drug-likeness (QED) is 0.247. The minimum absolute atomic E-state index is 0. The summed E-state index contributed by atoms with van der Waals surface area (Å²) < 4.78 is 5.35. The maximum absolute atomic E-state index is 12.0.